The van der Waals surface area contributed by atoms with Crippen LogP contribution in [0.2, 0.25) is 0 Å². The summed E-state index contributed by atoms with van der Waals surface area (Å²) in [4.78, 5) is 22.2. The Balaban J connectivity index is 2.40. The maximum absolute atomic E-state index is 11.2. The van der Waals surface area contributed by atoms with Gasteiger partial charge in [-0.1, -0.05) is 18.2 Å². The number of hydrogen-bond acceptors (Lipinski definition) is 4. The molecule has 1 aromatic carbocycles. The number of rotatable bonds is 2. The average Bonchev–Trinajstić information content (AvgIpc) is 2.28. The van der Waals surface area contributed by atoms with Gasteiger partial charge in [0, 0.05) is 17.5 Å². The van der Waals surface area contributed by atoms with E-state index >= 15 is 0 Å². The molecular weight excluding hydrogens is 244 g/mol. The summed E-state index contributed by atoms with van der Waals surface area (Å²) in [5.74, 6) is -0.511. The first-order valence-electron chi connectivity index (χ1n) is 4.67. The van der Waals surface area contributed by atoms with Crippen LogP contribution in [0.25, 0.3) is 11.0 Å². The third-order valence-electron chi connectivity index (χ3n) is 2.03. The lowest BCUT2D eigenvalue weighted by molar-refractivity contribution is -0.129. The van der Waals surface area contributed by atoms with E-state index in [0.29, 0.717) is 5.58 Å². The van der Waals surface area contributed by atoms with E-state index in [1.165, 1.54) is 12.1 Å². The zero-order valence-corrected chi connectivity index (χ0v) is 9.36. The Bertz CT molecular complexity index is 657. The minimum absolute atomic E-state index is 0.223. The Morgan fingerprint density at radius 2 is 2.00 bits per heavy atom. The molecule has 86 valence electrons. The standard InChI is InChI=1S/C12H7ClO4/c1-7(13)12(15)16-9-4-2-8-3-5-11(14)17-10(8)6-9/h2-6H,1H2. The lowest BCUT2D eigenvalue weighted by Crippen LogP contribution is -2.06. The van der Waals surface area contributed by atoms with E-state index in [1.807, 2.05) is 0 Å². The molecule has 4 nitrogen and oxygen atoms in total. The van der Waals surface area contributed by atoms with Crippen molar-refractivity contribution < 1.29 is 13.9 Å². The van der Waals surface area contributed by atoms with Crippen LogP contribution in [0.1, 0.15) is 0 Å². The molecule has 2 aromatic rings. The molecule has 17 heavy (non-hydrogen) atoms. The monoisotopic (exact) mass is 250 g/mol. The normalized spacial score (nSPS) is 10.2. The highest BCUT2D eigenvalue weighted by atomic mass is 35.5. The number of esters is 1. The molecule has 0 aliphatic carbocycles. The predicted octanol–water partition coefficient (Wildman–Crippen LogP) is 2.45. The summed E-state index contributed by atoms with van der Waals surface area (Å²) >= 11 is 5.38. The van der Waals surface area contributed by atoms with Gasteiger partial charge in [-0.3, -0.25) is 0 Å². The number of fused-ring (bicyclic) bond motifs is 1. The molecule has 1 aromatic heterocycles. The second-order valence-corrected chi connectivity index (χ2v) is 3.70. The maximum Gasteiger partial charge on any atom is 0.354 e. The van der Waals surface area contributed by atoms with Crippen LogP contribution in [0.15, 0.2) is 51.2 Å². The van der Waals surface area contributed by atoms with Gasteiger partial charge < -0.3 is 9.15 Å². The summed E-state index contributed by atoms with van der Waals surface area (Å²) in [6.45, 7) is 3.25. The van der Waals surface area contributed by atoms with Crippen LogP contribution in [0.5, 0.6) is 5.75 Å². The summed E-state index contributed by atoms with van der Waals surface area (Å²) in [5, 5.41) is 0.508. The number of benzene rings is 1. The van der Waals surface area contributed by atoms with Gasteiger partial charge in [0.05, 0.1) is 0 Å². The smallest absolute Gasteiger partial charge is 0.354 e. The van der Waals surface area contributed by atoms with Crippen molar-refractivity contribution in [2.24, 2.45) is 0 Å². The summed E-state index contributed by atoms with van der Waals surface area (Å²) in [5.41, 5.74) is -0.134. The van der Waals surface area contributed by atoms with Gasteiger partial charge in [-0.25, -0.2) is 9.59 Å². The predicted molar refractivity (Wildman–Crippen MR) is 63.1 cm³/mol. The van der Waals surface area contributed by atoms with Crippen molar-refractivity contribution in [3.8, 4) is 5.75 Å². The Kier molecular flexibility index (Phi) is 2.97. The highest BCUT2D eigenvalue weighted by molar-refractivity contribution is 6.41. The van der Waals surface area contributed by atoms with Gasteiger partial charge in [0.2, 0.25) is 0 Å². The minimum atomic E-state index is -0.746. The Hall–Kier alpha value is -2.07. The Labute approximate surface area is 101 Å². The summed E-state index contributed by atoms with van der Waals surface area (Å²) in [7, 11) is 0. The number of ether oxygens (including phenoxy) is 1. The van der Waals surface area contributed by atoms with Crippen LogP contribution in [-0.4, -0.2) is 5.97 Å². The second kappa shape index (κ2) is 4.43. The van der Waals surface area contributed by atoms with Crippen molar-refractivity contribution in [2.45, 2.75) is 0 Å². The second-order valence-electron chi connectivity index (χ2n) is 3.25. The molecular formula is C12H7ClO4. The topological polar surface area (TPSA) is 56.5 Å². The molecule has 0 amide bonds. The molecule has 1 heterocycles. The first kappa shape index (κ1) is 11.4. The van der Waals surface area contributed by atoms with Gasteiger partial charge in [0.25, 0.3) is 0 Å². The van der Waals surface area contributed by atoms with Crippen molar-refractivity contribution >= 4 is 28.5 Å². The van der Waals surface area contributed by atoms with Crippen molar-refractivity contribution in [1.82, 2.24) is 0 Å². The van der Waals surface area contributed by atoms with E-state index in [9.17, 15) is 9.59 Å². The third kappa shape index (κ3) is 2.54. The molecule has 0 aliphatic heterocycles. The fourth-order valence-electron chi connectivity index (χ4n) is 1.27. The maximum atomic E-state index is 11.2. The van der Waals surface area contributed by atoms with Gasteiger partial charge in [-0.05, 0) is 18.2 Å². The van der Waals surface area contributed by atoms with Crippen molar-refractivity contribution in [1.29, 1.82) is 0 Å². The van der Waals surface area contributed by atoms with Gasteiger partial charge in [-0.15, -0.1) is 0 Å². The Morgan fingerprint density at radius 3 is 2.71 bits per heavy atom. The van der Waals surface area contributed by atoms with Gasteiger partial charge in [-0.2, -0.15) is 0 Å². The van der Waals surface area contributed by atoms with Crippen LogP contribution in [0.3, 0.4) is 0 Å². The van der Waals surface area contributed by atoms with E-state index < -0.39 is 11.6 Å². The van der Waals surface area contributed by atoms with Crippen LogP contribution in [-0.2, 0) is 4.79 Å². The van der Waals surface area contributed by atoms with E-state index in [1.54, 1.807) is 18.2 Å². The molecule has 0 fully saturated rings. The summed E-state index contributed by atoms with van der Waals surface area (Å²) in [6, 6.07) is 7.61. The molecule has 0 saturated carbocycles. The van der Waals surface area contributed by atoms with Crippen molar-refractivity contribution in [3.63, 3.8) is 0 Å². The highest BCUT2D eigenvalue weighted by Crippen LogP contribution is 2.20. The molecule has 0 bridgehead atoms. The molecule has 0 saturated heterocycles. The third-order valence-corrected chi connectivity index (χ3v) is 2.18. The molecule has 2 rings (SSSR count). The molecule has 0 atom stereocenters. The van der Waals surface area contributed by atoms with E-state index in [0.717, 1.165) is 5.39 Å². The number of hydrogen-bond donors (Lipinski definition) is 0. The molecule has 0 spiro atoms. The average molecular weight is 251 g/mol. The van der Waals surface area contributed by atoms with Crippen LogP contribution in [0, 0.1) is 0 Å². The van der Waals surface area contributed by atoms with E-state index in [-0.39, 0.29) is 10.8 Å². The minimum Gasteiger partial charge on any atom is -0.423 e. The highest BCUT2D eigenvalue weighted by Gasteiger charge is 2.08. The fraction of sp³-hybridized carbons (Fsp3) is 0. The first-order valence-corrected chi connectivity index (χ1v) is 5.04. The summed E-state index contributed by atoms with van der Waals surface area (Å²) in [6.07, 6.45) is 0. The van der Waals surface area contributed by atoms with Crippen molar-refractivity contribution in [2.75, 3.05) is 0 Å². The lowest BCUT2D eigenvalue weighted by Gasteiger charge is -2.03. The zero-order chi connectivity index (χ0) is 12.4. The molecule has 0 N–H and O–H groups in total. The number of halogens is 1. The number of carbonyl (C=O) groups is 1. The number of carbonyl (C=O) groups excluding carboxylic acids is 1. The first-order chi connectivity index (χ1) is 8.06. The van der Waals surface area contributed by atoms with Gasteiger partial charge in [0.15, 0.2) is 0 Å². The Morgan fingerprint density at radius 1 is 1.29 bits per heavy atom. The quantitative estimate of drug-likeness (QED) is 0.356. The SMILES string of the molecule is C=C(Cl)C(=O)Oc1ccc2ccc(=O)oc2c1. The molecule has 0 unspecified atom stereocenters. The fourth-order valence-corrected chi connectivity index (χ4v) is 1.31. The van der Waals surface area contributed by atoms with E-state index in [2.05, 4.69) is 6.58 Å². The van der Waals surface area contributed by atoms with Gasteiger partial charge >= 0.3 is 11.6 Å². The molecule has 0 aliphatic rings. The lowest BCUT2D eigenvalue weighted by atomic mass is 10.2. The van der Waals surface area contributed by atoms with E-state index in [4.69, 9.17) is 20.8 Å². The summed E-state index contributed by atoms with van der Waals surface area (Å²) < 4.78 is 9.83. The molecule has 0 radical (unpaired) electrons. The van der Waals surface area contributed by atoms with Crippen LogP contribution >= 0.6 is 11.6 Å². The zero-order valence-electron chi connectivity index (χ0n) is 8.60. The largest absolute Gasteiger partial charge is 0.423 e. The molecule has 5 heteroatoms. The van der Waals surface area contributed by atoms with Crippen LogP contribution in [0.4, 0.5) is 0 Å². The van der Waals surface area contributed by atoms with Gasteiger partial charge in [0.1, 0.15) is 16.4 Å². The van der Waals surface area contributed by atoms with Crippen LogP contribution < -0.4 is 10.4 Å². The van der Waals surface area contributed by atoms with Crippen molar-refractivity contribution in [3.05, 3.63) is 52.4 Å².